The van der Waals surface area contributed by atoms with E-state index in [4.69, 9.17) is 10.5 Å². The number of amides is 2. The van der Waals surface area contributed by atoms with Crippen LogP contribution in [0.15, 0.2) is 18.2 Å². The number of nitrogens with zero attached hydrogens (tertiary/aromatic N) is 4. The molecule has 0 aliphatic heterocycles. The third kappa shape index (κ3) is 4.45. The third-order valence-corrected chi connectivity index (χ3v) is 4.57. The topological polar surface area (TPSA) is 137 Å². The zero-order valence-corrected chi connectivity index (χ0v) is 16.2. The molecule has 1 aromatic heterocycles. The predicted molar refractivity (Wildman–Crippen MR) is 102 cm³/mol. The number of tetrazole rings is 1. The Balaban J connectivity index is 1.70. The quantitative estimate of drug-likeness (QED) is 0.603. The minimum absolute atomic E-state index is 0.0100. The smallest absolute Gasteiger partial charge is 0.243 e. The summed E-state index contributed by atoms with van der Waals surface area (Å²) in [4.78, 5) is 24.1. The van der Waals surface area contributed by atoms with Crippen molar-refractivity contribution in [2.24, 2.45) is 11.7 Å². The van der Waals surface area contributed by atoms with E-state index in [1.54, 1.807) is 30.0 Å². The molecule has 1 aliphatic carbocycles. The van der Waals surface area contributed by atoms with Gasteiger partial charge in [-0.3, -0.25) is 9.59 Å². The molecule has 3 rings (SSSR count). The highest BCUT2D eigenvalue weighted by molar-refractivity contribution is 5.95. The molecule has 1 aromatic carbocycles. The first-order valence-electron chi connectivity index (χ1n) is 9.20. The first-order chi connectivity index (χ1) is 13.4. The molecule has 10 heteroatoms. The molecule has 0 bridgehead atoms. The van der Waals surface area contributed by atoms with Crippen LogP contribution in [0.3, 0.4) is 0 Å². The summed E-state index contributed by atoms with van der Waals surface area (Å²) < 4.78 is 7.05. The lowest BCUT2D eigenvalue weighted by Crippen LogP contribution is -2.46. The van der Waals surface area contributed by atoms with E-state index < -0.39 is 6.04 Å². The van der Waals surface area contributed by atoms with E-state index in [0.29, 0.717) is 23.0 Å². The van der Waals surface area contributed by atoms with Gasteiger partial charge in [0.2, 0.25) is 11.8 Å². The Morgan fingerprint density at radius 2 is 2.11 bits per heavy atom. The average Bonchev–Trinajstić information content (AvgIpc) is 3.41. The van der Waals surface area contributed by atoms with Gasteiger partial charge < -0.3 is 21.1 Å². The molecule has 1 aliphatic rings. The van der Waals surface area contributed by atoms with Crippen molar-refractivity contribution in [2.45, 2.75) is 38.6 Å². The summed E-state index contributed by atoms with van der Waals surface area (Å²) in [6, 6.07) is 4.53. The Labute approximate surface area is 162 Å². The molecule has 0 unspecified atom stereocenters. The zero-order chi connectivity index (χ0) is 20.3. The first-order valence-corrected chi connectivity index (χ1v) is 9.20. The van der Waals surface area contributed by atoms with Crippen molar-refractivity contribution in [1.82, 2.24) is 25.5 Å². The van der Waals surface area contributed by atoms with Gasteiger partial charge in [0.25, 0.3) is 0 Å². The third-order valence-electron chi connectivity index (χ3n) is 4.57. The number of carbonyl (C=O) groups excluding carboxylic acids is 2. The molecule has 2 amide bonds. The SMILES string of the molecule is COc1ccc(NC(=O)CNC(=O)[C@@H](N)C(C)C)cc1-n1nnnc1C1CC1. The van der Waals surface area contributed by atoms with E-state index in [9.17, 15) is 9.59 Å². The largest absolute Gasteiger partial charge is 0.494 e. The molecule has 0 spiro atoms. The van der Waals surface area contributed by atoms with Crippen LogP contribution in [-0.4, -0.2) is 51.7 Å². The number of carbonyl (C=O) groups is 2. The van der Waals surface area contributed by atoms with Crippen molar-refractivity contribution in [3.8, 4) is 11.4 Å². The molecule has 1 fully saturated rings. The van der Waals surface area contributed by atoms with Crippen LogP contribution in [0.1, 0.15) is 38.4 Å². The summed E-state index contributed by atoms with van der Waals surface area (Å²) in [7, 11) is 1.56. The molecule has 4 N–H and O–H groups in total. The Morgan fingerprint density at radius 3 is 2.75 bits per heavy atom. The number of nitrogens with two attached hydrogens (primary N) is 1. The molecule has 0 radical (unpaired) electrons. The van der Waals surface area contributed by atoms with E-state index in [2.05, 4.69) is 26.2 Å². The molecular formula is C18H25N7O3. The highest BCUT2D eigenvalue weighted by Gasteiger charge is 2.30. The number of aromatic nitrogens is 4. The molecule has 10 nitrogen and oxygen atoms in total. The maximum absolute atomic E-state index is 12.2. The van der Waals surface area contributed by atoms with E-state index in [-0.39, 0.29) is 24.3 Å². The minimum Gasteiger partial charge on any atom is -0.494 e. The van der Waals surface area contributed by atoms with Crippen molar-refractivity contribution in [1.29, 1.82) is 0 Å². The standard InChI is InChI=1S/C18H25N7O3/c1-10(2)16(19)18(27)20-9-15(26)21-12-6-7-14(28-3)13(8-12)25-17(11-4-5-11)22-23-24-25/h6-8,10-11,16H,4-5,9,19H2,1-3H3,(H,20,27)(H,21,26)/t16-/m0/s1. The number of benzene rings is 1. The molecule has 1 heterocycles. The van der Waals surface area contributed by atoms with Crippen LogP contribution < -0.4 is 21.1 Å². The highest BCUT2D eigenvalue weighted by Crippen LogP contribution is 2.40. The van der Waals surface area contributed by atoms with Gasteiger partial charge in [-0.05, 0) is 47.4 Å². The van der Waals surface area contributed by atoms with Crippen molar-refractivity contribution >= 4 is 17.5 Å². The molecule has 28 heavy (non-hydrogen) atoms. The lowest BCUT2D eigenvalue weighted by atomic mass is 10.1. The second-order valence-corrected chi connectivity index (χ2v) is 7.15. The van der Waals surface area contributed by atoms with E-state index >= 15 is 0 Å². The lowest BCUT2D eigenvalue weighted by molar-refractivity contribution is -0.125. The fourth-order valence-corrected chi connectivity index (χ4v) is 2.69. The number of methoxy groups -OCH3 is 1. The Hall–Kier alpha value is -3.01. The van der Waals surface area contributed by atoms with Crippen LogP contribution in [0.25, 0.3) is 5.69 Å². The van der Waals surface area contributed by atoms with E-state index in [0.717, 1.165) is 18.7 Å². The second-order valence-electron chi connectivity index (χ2n) is 7.15. The predicted octanol–water partition coefficient (Wildman–Crippen LogP) is 0.586. The first kappa shape index (κ1) is 19.7. The van der Waals surface area contributed by atoms with Gasteiger partial charge in [-0.1, -0.05) is 13.8 Å². The number of anilines is 1. The molecule has 2 aromatic rings. The van der Waals surface area contributed by atoms with Crippen LogP contribution in [-0.2, 0) is 9.59 Å². The zero-order valence-electron chi connectivity index (χ0n) is 16.2. The summed E-state index contributed by atoms with van der Waals surface area (Å²) in [6.45, 7) is 3.52. The fraction of sp³-hybridized carbons (Fsp3) is 0.500. The molecule has 1 saturated carbocycles. The summed E-state index contributed by atoms with van der Waals surface area (Å²) in [5.74, 6) is 0.977. The fourth-order valence-electron chi connectivity index (χ4n) is 2.69. The molecule has 0 saturated heterocycles. The summed E-state index contributed by atoms with van der Waals surface area (Å²) in [5, 5.41) is 17.2. The van der Waals surface area contributed by atoms with Crippen LogP contribution >= 0.6 is 0 Å². The van der Waals surface area contributed by atoms with Gasteiger partial charge in [-0.2, -0.15) is 4.68 Å². The van der Waals surface area contributed by atoms with Crippen molar-refractivity contribution in [3.63, 3.8) is 0 Å². The monoisotopic (exact) mass is 387 g/mol. The van der Waals surface area contributed by atoms with Crippen molar-refractivity contribution in [2.75, 3.05) is 19.0 Å². The number of nitrogens with one attached hydrogen (secondary N) is 2. The number of hydrogen-bond acceptors (Lipinski definition) is 7. The van der Waals surface area contributed by atoms with Crippen LogP contribution in [0, 0.1) is 5.92 Å². The summed E-state index contributed by atoms with van der Waals surface area (Å²) >= 11 is 0. The maximum Gasteiger partial charge on any atom is 0.243 e. The average molecular weight is 387 g/mol. The second kappa shape index (κ2) is 8.34. The van der Waals surface area contributed by atoms with E-state index in [1.165, 1.54) is 0 Å². The Kier molecular flexibility index (Phi) is 5.88. The Bertz CT molecular complexity index is 861. The van der Waals surface area contributed by atoms with Crippen LogP contribution in [0.5, 0.6) is 5.75 Å². The van der Waals surface area contributed by atoms with Gasteiger partial charge >= 0.3 is 0 Å². The van der Waals surface area contributed by atoms with Crippen LogP contribution in [0.2, 0.25) is 0 Å². The normalized spacial score (nSPS) is 14.6. The van der Waals surface area contributed by atoms with Gasteiger partial charge in [0.05, 0.1) is 19.7 Å². The molecule has 150 valence electrons. The number of rotatable bonds is 8. The summed E-state index contributed by atoms with van der Waals surface area (Å²) in [5.41, 5.74) is 6.95. The van der Waals surface area contributed by atoms with Crippen molar-refractivity contribution < 1.29 is 14.3 Å². The Morgan fingerprint density at radius 1 is 1.36 bits per heavy atom. The number of ether oxygens (including phenoxy) is 1. The van der Waals surface area contributed by atoms with Gasteiger partial charge in [0.15, 0.2) is 5.82 Å². The maximum atomic E-state index is 12.2. The van der Waals surface area contributed by atoms with Crippen LogP contribution in [0.4, 0.5) is 5.69 Å². The number of hydrogen-bond donors (Lipinski definition) is 3. The lowest BCUT2D eigenvalue weighted by Gasteiger charge is -2.15. The summed E-state index contributed by atoms with van der Waals surface area (Å²) in [6.07, 6.45) is 2.11. The van der Waals surface area contributed by atoms with Crippen molar-refractivity contribution in [3.05, 3.63) is 24.0 Å². The van der Waals surface area contributed by atoms with Gasteiger partial charge in [-0.15, -0.1) is 5.10 Å². The highest BCUT2D eigenvalue weighted by atomic mass is 16.5. The molecule has 1 atom stereocenters. The molecular weight excluding hydrogens is 362 g/mol. The van der Waals surface area contributed by atoms with E-state index in [1.807, 2.05) is 13.8 Å². The van der Waals surface area contributed by atoms with Gasteiger partial charge in [0, 0.05) is 11.6 Å². The minimum atomic E-state index is -0.652. The van der Waals surface area contributed by atoms with Gasteiger partial charge in [-0.25, -0.2) is 0 Å². The van der Waals surface area contributed by atoms with Gasteiger partial charge in [0.1, 0.15) is 11.4 Å².